The molecular weight excluding hydrogens is 246 g/mol. The zero-order chi connectivity index (χ0) is 12.3. The van der Waals surface area contributed by atoms with Gasteiger partial charge in [0.15, 0.2) is 0 Å². The van der Waals surface area contributed by atoms with Crippen LogP contribution in [0.2, 0.25) is 0 Å². The number of hydrogen-bond donors (Lipinski definition) is 1. The van der Waals surface area contributed by atoms with Crippen LogP contribution in [0.4, 0.5) is 0 Å². The minimum absolute atomic E-state index is 0.507. The first kappa shape index (κ1) is 13.2. The van der Waals surface area contributed by atoms with Gasteiger partial charge in [0.05, 0.1) is 0 Å². The molecular formula is C14H21NS2. The lowest BCUT2D eigenvalue weighted by Gasteiger charge is -2.14. The van der Waals surface area contributed by atoms with E-state index in [1.807, 2.05) is 11.3 Å². The van der Waals surface area contributed by atoms with Gasteiger partial charge in [0, 0.05) is 21.5 Å². The smallest absolute Gasteiger partial charge is 0.0415 e. The fraction of sp³-hybridized carbons (Fsp3) is 0.571. The zero-order valence-corrected chi connectivity index (χ0v) is 12.3. The number of thioether (sulfide) groups is 1. The van der Waals surface area contributed by atoms with Crippen molar-refractivity contribution >= 4 is 23.1 Å². The van der Waals surface area contributed by atoms with Gasteiger partial charge in [0.1, 0.15) is 0 Å². The fourth-order valence-corrected chi connectivity index (χ4v) is 4.68. The van der Waals surface area contributed by atoms with Crippen LogP contribution in [0.3, 0.4) is 0 Å². The van der Waals surface area contributed by atoms with Gasteiger partial charge in [-0.15, -0.1) is 17.9 Å². The topological polar surface area (TPSA) is 12.0 Å². The molecule has 0 aliphatic carbocycles. The van der Waals surface area contributed by atoms with Gasteiger partial charge in [-0.25, -0.2) is 0 Å². The molecule has 0 radical (unpaired) electrons. The second-order valence-corrected chi connectivity index (χ2v) is 7.01. The maximum Gasteiger partial charge on any atom is 0.0415 e. The predicted octanol–water partition coefficient (Wildman–Crippen LogP) is 4.15. The van der Waals surface area contributed by atoms with Gasteiger partial charge in [-0.05, 0) is 50.6 Å². The Kier molecular flexibility index (Phi) is 4.71. The van der Waals surface area contributed by atoms with E-state index in [4.69, 9.17) is 0 Å². The summed E-state index contributed by atoms with van der Waals surface area (Å²) in [6.45, 7) is 6.11. The van der Waals surface area contributed by atoms with Crippen LogP contribution in [0.15, 0.2) is 18.2 Å². The summed E-state index contributed by atoms with van der Waals surface area (Å²) in [5.74, 6) is 2.51. The minimum Gasteiger partial charge on any atom is -0.312 e. The summed E-state index contributed by atoms with van der Waals surface area (Å²) < 4.78 is 0. The number of hydrogen-bond acceptors (Lipinski definition) is 3. The third kappa shape index (κ3) is 3.36. The fourth-order valence-electron chi connectivity index (χ4n) is 2.16. The highest BCUT2D eigenvalue weighted by Gasteiger charge is 2.18. The Morgan fingerprint density at radius 3 is 3.06 bits per heavy atom. The van der Waals surface area contributed by atoms with E-state index in [2.05, 4.69) is 43.7 Å². The van der Waals surface area contributed by atoms with E-state index >= 15 is 0 Å². The van der Waals surface area contributed by atoms with Crippen molar-refractivity contribution in [1.29, 1.82) is 0 Å². The first-order chi connectivity index (χ1) is 8.20. The van der Waals surface area contributed by atoms with E-state index in [-0.39, 0.29) is 0 Å². The van der Waals surface area contributed by atoms with Crippen LogP contribution in [0.25, 0.3) is 0 Å². The van der Waals surface area contributed by atoms with Gasteiger partial charge in [0.2, 0.25) is 0 Å². The molecule has 2 heterocycles. The third-order valence-electron chi connectivity index (χ3n) is 3.20. The summed E-state index contributed by atoms with van der Waals surface area (Å²) in [6.07, 6.45) is 3.54. The normalized spacial score (nSPS) is 16.6. The molecule has 1 aromatic rings. The van der Waals surface area contributed by atoms with Crippen LogP contribution < -0.4 is 5.32 Å². The standard InChI is InChI=1S/C14H21NS2/c1-10(2)4-5-12(15-3)14-8-11-9-16-7-6-13(11)17-14/h8,12,15H,1,4-7,9H2,2-3H3. The van der Waals surface area contributed by atoms with Crippen LogP contribution in [0.1, 0.15) is 41.1 Å². The Bertz CT molecular complexity index is 371. The molecule has 0 bridgehead atoms. The molecule has 1 aliphatic rings. The van der Waals surface area contributed by atoms with Crippen molar-refractivity contribution in [1.82, 2.24) is 5.32 Å². The van der Waals surface area contributed by atoms with Crippen molar-refractivity contribution in [3.8, 4) is 0 Å². The average Bonchev–Trinajstić information content (AvgIpc) is 2.72. The number of aryl methyl sites for hydroxylation is 1. The van der Waals surface area contributed by atoms with E-state index in [0.29, 0.717) is 6.04 Å². The quantitative estimate of drug-likeness (QED) is 0.804. The SMILES string of the molecule is C=C(C)CCC(NC)c1cc2c(s1)CCSC2. The maximum absolute atomic E-state index is 3.99. The van der Waals surface area contributed by atoms with Gasteiger partial charge in [-0.2, -0.15) is 11.8 Å². The molecule has 0 amide bonds. The average molecular weight is 267 g/mol. The van der Waals surface area contributed by atoms with Crippen molar-refractivity contribution in [2.75, 3.05) is 12.8 Å². The van der Waals surface area contributed by atoms with Gasteiger partial charge in [0.25, 0.3) is 0 Å². The molecule has 0 fully saturated rings. The molecule has 0 spiro atoms. The highest BCUT2D eigenvalue weighted by molar-refractivity contribution is 7.98. The number of thiophene rings is 1. The molecule has 1 nitrogen and oxygen atoms in total. The van der Waals surface area contributed by atoms with Gasteiger partial charge in [-0.3, -0.25) is 0 Å². The summed E-state index contributed by atoms with van der Waals surface area (Å²) >= 11 is 4.07. The Balaban J connectivity index is 2.08. The van der Waals surface area contributed by atoms with Gasteiger partial charge < -0.3 is 5.32 Å². The molecule has 1 atom stereocenters. The van der Waals surface area contributed by atoms with E-state index in [1.165, 1.54) is 34.8 Å². The summed E-state index contributed by atoms with van der Waals surface area (Å²) in [5.41, 5.74) is 2.86. The molecule has 1 N–H and O–H groups in total. The molecule has 0 saturated heterocycles. The molecule has 0 saturated carbocycles. The first-order valence-electron chi connectivity index (χ1n) is 6.21. The molecule has 0 aromatic carbocycles. The van der Waals surface area contributed by atoms with Crippen LogP contribution in [0, 0.1) is 0 Å². The molecule has 17 heavy (non-hydrogen) atoms. The van der Waals surface area contributed by atoms with Crippen molar-refractivity contribution in [3.05, 3.63) is 33.5 Å². The Morgan fingerprint density at radius 1 is 1.59 bits per heavy atom. The largest absolute Gasteiger partial charge is 0.312 e. The monoisotopic (exact) mass is 267 g/mol. The summed E-state index contributed by atoms with van der Waals surface area (Å²) in [5, 5.41) is 3.45. The van der Waals surface area contributed by atoms with Crippen molar-refractivity contribution < 1.29 is 0 Å². The van der Waals surface area contributed by atoms with Crippen molar-refractivity contribution in [2.45, 2.75) is 38.0 Å². The van der Waals surface area contributed by atoms with E-state index in [9.17, 15) is 0 Å². The Morgan fingerprint density at radius 2 is 2.41 bits per heavy atom. The zero-order valence-electron chi connectivity index (χ0n) is 10.7. The van der Waals surface area contributed by atoms with Crippen molar-refractivity contribution in [3.63, 3.8) is 0 Å². The van der Waals surface area contributed by atoms with Crippen molar-refractivity contribution in [2.24, 2.45) is 0 Å². The summed E-state index contributed by atoms with van der Waals surface area (Å²) in [7, 11) is 2.07. The minimum atomic E-state index is 0.507. The summed E-state index contributed by atoms with van der Waals surface area (Å²) in [6, 6.07) is 2.93. The predicted molar refractivity (Wildman–Crippen MR) is 80.0 cm³/mol. The Labute approximate surface area is 113 Å². The molecule has 1 unspecified atom stereocenters. The number of nitrogens with one attached hydrogen (secondary N) is 1. The molecule has 1 aromatic heterocycles. The second-order valence-electron chi connectivity index (χ2n) is 4.74. The molecule has 1 aliphatic heterocycles. The molecule has 3 heteroatoms. The van der Waals surface area contributed by atoms with Gasteiger partial charge >= 0.3 is 0 Å². The lowest BCUT2D eigenvalue weighted by molar-refractivity contribution is 0.556. The maximum atomic E-state index is 3.99. The van der Waals surface area contributed by atoms with Gasteiger partial charge in [-0.1, -0.05) is 5.57 Å². The number of allylic oxidation sites excluding steroid dienone is 1. The third-order valence-corrected chi connectivity index (χ3v) is 5.56. The van der Waals surface area contributed by atoms with Crippen LogP contribution in [-0.4, -0.2) is 12.8 Å². The lowest BCUT2D eigenvalue weighted by atomic mass is 10.1. The molecule has 94 valence electrons. The van der Waals surface area contributed by atoms with E-state index in [1.54, 1.807) is 10.4 Å². The molecule has 2 rings (SSSR count). The number of fused-ring (bicyclic) bond motifs is 1. The Hall–Kier alpha value is -0.250. The van der Waals surface area contributed by atoms with Crippen LogP contribution in [-0.2, 0) is 12.2 Å². The highest BCUT2D eigenvalue weighted by atomic mass is 32.2. The van der Waals surface area contributed by atoms with E-state index in [0.717, 1.165) is 6.42 Å². The summed E-state index contributed by atoms with van der Waals surface area (Å²) in [4.78, 5) is 3.13. The highest BCUT2D eigenvalue weighted by Crippen LogP contribution is 2.35. The lowest BCUT2D eigenvalue weighted by Crippen LogP contribution is -2.15. The second kappa shape index (κ2) is 6.07. The number of rotatable bonds is 5. The first-order valence-corrected chi connectivity index (χ1v) is 8.18. The van der Waals surface area contributed by atoms with E-state index < -0.39 is 0 Å². The van der Waals surface area contributed by atoms with Crippen LogP contribution in [0.5, 0.6) is 0 Å². The van der Waals surface area contributed by atoms with Crippen LogP contribution >= 0.6 is 23.1 Å².